The van der Waals surface area contributed by atoms with Gasteiger partial charge in [0.05, 0.1) is 16.4 Å². The summed E-state index contributed by atoms with van der Waals surface area (Å²) in [4.78, 5) is 5.69. The molecule has 1 heterocycles. The van der Waals surface area contributed by atoms with Gasteiger partial charge in [-0.15, -0.1) is 11.3 Å². The molecule has 0 unspecified atom stereocenters. The number of aliphatic imine (C=N–C) groups is 1. The summed E-state index contributed by atoms with van der Waals surface area (Å²) in [6.45, 7) is 0. The summed E-state index contributed by atoms with van der Waals surface area (Å²) >= 11 is 6.04. The molecule has 0 aliphatic heterocycles. The Labute approximate surface area is 178 Å². The molecule has 1 aliphatic carbocycles. The third kappa shape index (κ3) is 4.68. The molecule has 144 valence electrons. The predicted molar refractivity (Wildman–Crippen MR) is 118 cm³/mol. The first-order valence-electron chi connectivity index (χ1n) is 9.40. The highest BCUT2D eigenvalue weighted by molar-refractivity contribution is 7.78. The maximum absolute atomic E-state index is 14.7. The van der Waals surface area contributed by atoms with Gasteiger partial charge in [-0.3, -0.25) is 0 Å². The van der Waals surface area contributed by atoms with E-state index in [9.17, 15) is 8.78 Å². The standard InChI is InChI=1S/C24H17F2NS2/c25-21-13-18(5-4-16-6-8-19(9-7-16)27-15-28)14-22(26)24(21)23-11-10-20(29-23)12-17-2-1-3-17/h6-11,13-14,17H,1-3,12H2. The summed E-state index contributed by atoms with van der Waals surface area (Å²) in [5.74, 6) is 5.29. The Morgan fingerprint density at radius 3 is 2.28 bits per heavy atom. The maximum Gasteiger partial charge on any atom is 0.136 e. The van der Waals surface area contributed by atoms with Gasteiger partial charge in [-0.1, -0.05) is 31.1 Å². The second-order valence-electron chi connectivity index (χ2n) is 7.08. The van der Waals surface area contributed by atoms with Gasteiger partial charge in [0.25, 0.3) is 0 Å². The van der Waals surface area contributed by atoms with E-state index in [1.165, 1.54) is 47.6 Å². The van der Waals surface area contributed by atoms with Gasteiger partial charge in [-0.25, -0.2) is 8.78 Å². The zero-order valence-corrected chi connectivity index (χ0v) is 17.2. The van der Waals surface area contributed by atoms with Crippen LogP contribution in [0.25, 0.3) is 10.4 Å². The largest absolute Gasteiger partial charge is 0.206 e. The van der Waals surface area contributed by atoms with Gasteiger partial charge in [-0.05, 0) is 73.1 Å². The number of isothiocyanates is 1. The number of thiocarbonyl (C=S) groups is 1. The molecule has 1 fully saturated rings. The Balaban J connectivity index is 1.55. The second-order valence-corrected chi connectivity index (χ2v) is 8.43. The van der Waals surface area contributed by atoms with E-state index < -0.39 is 11.6 Å². The van der Waals surface area contributed by atoms with Crippen LogP contribution in [0.15, 0.2) is 53.5 Å². The fourth-order valence-electron chi connectivity index (χ4n) is 3.30. The molecule has 0 bridgehead atoms. The van der Waals surface area contributed by atoms with Gasteiger partial charge in [0.1, 0.15) is 11.6 Å². The molecule has 3 aromatic rings. The number of rotatable bonds is 4. The number of nitrogens with zero attached hydrogens (tertiary/aromatic N) is 1. The van der Waals surface area contributed by atoms with Crippen LogP contribution in [0.2, 0.25) is 0 Å². The van der Waals surface area contributed by atoms with E-state index in [1.807, 2.05) is 12.1 Å². The predicted octanol–water partition coefficient (Wildman–Crippen LogP) is 7.17. The quantitative estimate of drug-likeness (QED) is 0.247. The Hall–Kier alpha value is -2.64. The fraction of sp³-hybridized carbons (Fsp3) is 0.208. The van der Waals surface area contributed by atoms with Gasteiger partial charge in [-0.2, -0.15) is 4.99 Å². The molecule has 5 heteroatoms. The van der Waals surface area contributed by atoms with E-state index in [-0.39, 0.29) is 5.56 Å². The molecule has 4 rings (SSSR count). The SMILES string of the molecule is Fc1cc(C#Cc2ccc(N=C=S)cc2)cc(F)c1-c1ccc(CC2CCC2)s1. The van der Waals surface area contributed by atoms with Crippen LogP contribution in [-0.4, -0.2) is 5.16 Å². The molecule has 0 N–H and O–H groups in total. The molecule has 0 atom stereocenters. The first kappa shape index (κ1) is 19.7. The van der Waals surface area contributed by atoms with Gasteiger partial charge in [0.2, 0.25) is 0 Å². The molecule has 1 saturated carbocycles. The Bertz CT molecular complexity index is 1120. The lowest BCUT2D eigenvalue weighted by atomic mass is 9.83. The van der Waals surface area contributed by atoms with Crippen LogP contribution >= 0.6 is 23.6 Å². The van der Waals surface area contributed by atoms with E-state index >= 15 is 0 Å². The zero-order chi connectivity index (χ0) is 20.2. The second kappa shape index (κ2) is 8.80. The molecule has 0 amide bonds. The molecular weight excluding hydrogens is 404 g/mol. The lowest BCUT2D eigenvalue weighted by Gasteiger charge is -2.24. The highest BCUT2D eigenvalue weighted by Crippen LogP contribution is 2.36. The van der Waals surface area contributed by atoms with E-state index in [1.54, 1.807) is 24.3 Å². The summed E-state index contributed by atoms with van der Waals surface area (Å²) in [5.41, 5.74) is 1.73. The van der Waals surface area contributed by atoms with E-state index in [4.69, 9.17) is 0 Å². The van der Waals surface area contributed by atoms with Crippen LogP contribution in [0.3, 0.4) is 0 Å². The molecular formula is C24H17F2NS2. The van der Waals surface area contributed by atoms with Crippen molar-refractivity contribution in [2.45, 2.75) is 25.7 Å². The lowest BCUT2D eigenvalue weighted by molar-refractivity contribution is 0.316. The molecule has 0 saturated heterocycles. The minimum atomic E-state index is -0.586. The fourth-order valence-corrected chi connectivity index (χ4v) is 4.58. The van der Waals surface area contributed by atoms with Gasteiger partial charge in [0, 0.05) is 20.9 Å². The van der Waals surface area contributed by atoms with Crippen molar-refractivity contribution < 1.29 is 8.78 Å². The Morgan fingerprint density at radius 1 is 0.966 bits per heavy atom. The van der Waals surface area contributed by atoms with Crippen molar-refractivity contribution in [2.24, 2.45) is 10.9 Å². The van der Waals surface area contributed by atoms with Crippen molar-refractivity contribution in [1.82, 2.24) is 0 Å². The van der Waals surface area contributed by atoms with Crippen molar-refractivity contribution in [1.29, 1.82) is 0 Å². The summed E-state index contributed by atoms with van der Waals surface area (Å²) in [6.07, 6.45) is 4.81. The smallest absolute Gasteiger partial charge is 0.136 e. The van der Waals surface area contributed by atoms with Crippen molar-refractivity contribution in [3.05, 3.63) is 76.2 Å². The summed E-state index contributed by atoms with van der Waals surface area (Å²) in [5, 5.41) is 2.30. The third-order valence-electron chi connectivity index (χ3n) is 5.06. The van der Waals surface area contributed by atoms with Crippen LogP contribution in [0.5, 0.6) is 0 Å². The van der Waals surface area contributed by atoms with Gasteiger partial charge >= 0.3 is 0 Å². The number of hydrogen-bond donors (Lipinski definition) is 0. The van der Waals surface area contributed by atoms with Crippen LogP contribution in [0, 0.1) is 29.4 Å². The normalized spacial score (nSPS) is 13.2. The molecule has 0 radical (unpaired) electrons. The average molecular weight is 422 g/mol. The zero-order valence-electron chi connectivity index (χ0n) is 15.5. The topological polar surface area (TPSA) is 12.4 Å². The van der Waals surface area contributed by atoms with Crippen LogP contribution in [0.1, 0.15) is 35.3 Å². The molecule has 1 aromatic heterocycles. The van der Waals surface area contributed by atoms with Gasteiger partial charge < -0.3 is 0 Å². The van der Waals surface area contributed by atoms with Gasteiger partial charge in [0.15, 0.2) is 0 Å². The van der Waals surface area contributed by atoms with E-state index in [0.29, 0.717) is 16.1 Å². The first-order chi connectivity index (χ1) is 14.1. The lowest BCUT2D eigenvalue weighted by Crippen LogP contribution is -2.12. The minimum Gasteiger partial charge on any atom is -0.206 e. The third-order valence-corrected chi connectivity index (χ3v) is 6.27. The van der Waals surface area contributed by atoms with Crippen molar-refractivity contribution in [3.63, 3.8) is 0 Å². The minimum absolute atomic E-state index is 0.0304. The van der Waals surface area contributed by atoms with Crippen LogP contribution in [0.4, 0.5) is 14.5 Å². The number of halogens is 2. The van der Waals surface area contributed by atoms with E-state index in [0.717, 1.165) is 17.9 Å². The summed E-state index contributed by atoms with van der Waals surface area (Å²) in [7, 11) is 0. The van der Waals surface area contributed by atoms with Crippen molar-refractivity contribution in [3.8, 4) is 22.3 Å². The average Bonchev–Trinajstić information content (AvgIpc) is 3.12. The maximum atomic E-state index is 14.7. The van der Waals surface area contributed by atoms with Crippen LogP contribution < -0.4 is 0 Å². The van der Waals surface area contributed by atoms with E-state index in [2.05, 4.69) is 34.2 Å². The highest BCUT2D eigenvalue weighted by atomic mass is 32.1. The Morgan fingerprint density at radius 2 is 1.66 bits per heavy atom. The molecule has 1 nitrogen and oxygen atoms in total. The summed E-state index contributed by atoms with van der Waals surface area (Å²) < 4.78 is 29.4. The first-order valence-corrected chi connectivity index (χ1v) is 10.6. The van der Waals surface area contributed by atoms with Crippen molar-refractivity contribution in [2.75, 3.05) is 0 Å². The number of thiophene rings is 1. The number of benzene rings is 2. The van der Waals surface area contributed by atoms with Crippen molar-refractivity contribution >= 4 is 34.4 Å². The monoisotopic (exact) mass is 421 g/mol. The summed E-state index contributed by atoms with van der Waals surface area (Å²) in [6, 6.07) is 13.4. The molecule has 0 spiro atoms. The highest BCUT2D eigenvalue weighted by Gasteiger charge is 2.20. The number of hydrogen-bond acceptors (Lipinski definition) is 3. The molecule has 2 aromatic carbocycles. The molecule has 1 aliphatic rings. The van der Waals surface area contributed by atoms with Crippen LogP contribution in [-0.2, 0) is 6.42 Å². The Kier molecular flexibility index (Phi) is 5.97. The molecule has 29 heavy (non-hydrogen) atoms.